The largest absolute Gasteiger partial charge is 0.0654 e. The SMILES string of the molecule is CCCCCCC[C@H](CC)c1ccccc1. The van der Waals surface area contributed by atoms with Crippen LogP contribution in [0.4, 0.5) is 0 Å². The predicted molar refractivity (Wildman–Crippen MR) is 72.9 cm³/mol. The summed E-state index contributed by atoms with van der Waals surface area (Å²) < 4.78 is 0. The predicted octanol–water partition coefficient (Wildman–Crippen LogP) is 5.54. The number of benzene rings is 1. The third-order valence-electron chi connectivity index (χ3n) is 3.42. The van der Waals surface area contributed by atoms with E-state index < -0.39 is 0 Å². The van der Waals surface area contributed by atoms with E-state index in [2.05, 4.69) is 44.2 Å². The van der Waals surface area contributed by atoms with E-state index in [9.17, 15) is 0 Å². The van der Waals surface area contributed by atoms with Crippen LogP contribution in [0, 0.1) is 0 Å². The Labute approximate surface area is 101 Å². The summed E-state index contributed by atoms with van der Waals surface area (Å²) in [6.45, 7) is 4.59. The third kappa shape index (κ3) is 4.83. The minimum absolute atomic E-state index is 0.780. The van der Waals surface area contributed by atoms with Crippen molar-refractivity contribution < 1.29 is 0 Å². The van der Waals surface area contributed by atoms with Crippen LogP contribution in [-0.2, 0) is 0 Å². The van der Waals surface area contributed by atoms with Crippen molar-refractivity contribution in [1.82, 2.24) is 0 Å². The van der Waals surface area contributed by atoms with E-state index in [1.807, 2.05) is 0 Å². The molecule has 0 saturated heterocycles. The molecule has 0 heterocycles. The van der Waals surface area contributed by atoms with Gasteiger partial charge in [0.2, 0.25) is 0 Å². The lowest BCUT2D eigenvalue weighted by atomic mass is 9.91. The van der Waals surface area contributed by atoms with E-state index in [-0.39, 0.29) is 0 Å². The Kier molecular flexibility index (Phi) is 6.96. The Bertz CT molecular complexity index is 250. The van der Waals surface area contributed by atoms with Gasteiger partial charge in [-0.1, -0.05) is 76.3 Å². The molecule has 0 aromatic heterocycles. The molecule has 1 atom stereocenters. The van der Waals surface area contributed by atoms with E-state index in [0.717, 1.165) is 5.92 Å². The van der Waals surface area contributed by atoms with Gasteiger partial charge in [0.25, 0.3) is 0 Å². The molecule has 1 aromatic rings. The fourth-order valence-electron chi connectivity index (χ4n) is 2.33. The molecule has 0 nitrogen and oxygen atoms in total. The van der Waals surface area contributed by atoms with E-state index in [1.54, 1.807) is 0 Å². The molecule has 0 radical (unpaired) electrons. The standard InChI is InChI=1S/C16H26/c1-3-5-6-7-9-12-15(4-2)16-13-10-8-11-14-16/h8,10-11,13-15H,3-7,9,12H2,1-2H3/t15-/m0/s1. The summed E-state index contributed by atoms with van der Waals surface area (Å²) in [5.41, 5.74) is 1.53. The molecule has 0 unspecified atom stereocenters. The van der Waals surface area contributed by atoms with Crippen molar-refractivity contribution >= 4 is 0 Å². The summed E-state index contributed by atoms with van der Waals surface area (Å²) in [4.78, 5) is 0. The van der Waals surface area contributed by atoms with Gasteiger partial charge in [0, 0.05) is 0 Å². The van der Waals surface area contributed by atoms with Crippen LogP contribution >= 0.6 is 0 Å². The molecule has 0 N–H and O–H groups in total. The Hall–Kier alpha value is -0.780. The molecule has 0 aliphatic carbocycles. The fourth-order valence-corrected chi connectivity index (χ4v) is 2.33. The molecule has 0 bridgehead atoms. The van der Waals surface area contributed by atoms with Crippen molar-refractivity contribution in [1.29, 1.82) is 0 Å². The van der Waals surface area contributed by atoms with Gasteiger partial charge in [-0.2, -0.15) is 0 Å². The van der Waals surface area contributed by atoms with Gasteiger partial charge < -0.3 is 0 Å². The first kappa shape index (κ1) is 13.3. The number of unbranched alkanes of at least 4 members (excludes halogenated alkanes) is 4. The summed E-state index contributed by atoms with van der Waals surface area (Å²) in [6.07, 6.45) is 9.62. The molecule has 90 valence electrons. The van der Waals surface area contributed by atoms with E-state index in [4.69, 9.17) is 0 Å². The fraction of sp³-hybridized carbons (Fsp3) is 0.625. The average Bonchev–Trinajstić information content (AvgIpc) is 2.35. The lowest BCUT2D eigenvalue weighted by Gasteiger charge is -2.14. The van der Waals surface area contributed by atoms with Crippen molar-refractivity contribution in [3.05, 3.63) is 35.9 Å². The highest BCUT2D eigenvalue weighted by atomic mass is 14.1. The molecular weight excluding hydrogens is 192 g/mol. The lowest BCUT2D eigenvalue weighted by Crippen LogP contribution is -1.97. The molecule has 0 spiro atoms. The molecule has 0 aliphatic heterocycles. The zero-order valence-corrected chi connectivity index (χ0v) is 10.9. The summed E-state index contributed by atoms with van der Waals surface area (Å²) >= 11 is 0. The van der Waals surface area contributed by atoms with Gasteiger partial charge in [-0.15, -0.1) is 0 Å². The van der Waals surface area contributed by atoms with Crippen LogP contribution in [0.5, 0.6) is 0 Å². The van der Waals surface area contributed by atoms with Crippen molar-refractivity contribution in [3.8, 4) is 0 Å². The molecule has 1 rings (SSSR count). The summed E-state index contributed by atoms with van der Waals surface area (Å²) in [6, 6.07) is 11.0. The van der Waals surface area contributed by atoms with Gasteiger partial charge in [-0.05, 0) is 24.3 Å². The number of hydrogen-bond donors (Lipinski definition) is 0. The van der Waals surface area contributed by atoms with Crippen molar-refractivity contribution in [3.63, 3.8) is 0 Å². The normalized spacial score (nSPS) is 12.6. The molecule has 0 fully saturated rings. The van der Waals surface area contributed by atoms with Gasteiger partial charge in [0.05, 0.1) is 0 Å². The van der Waals surface area contributed by atoms with Gasteiger partial charge in [-0.3, -0.25) is 0 Å². The molecule has 0 saturated carbocycles. The van der Waals surface area contributed by atoms with Crippen LogP contribution in [0.15, 0.2) is 30.3 Å². The Morgan fingerprint density at radius 3 is 2.19 bits per heavy atom. The molecule has 0 aliphatic rings. The number of rotatable bonds is 8. The number of hydrogen-bond acceptors (Lipinski definition) is 0. The second-order valence-corrected chi connectivity index (χ2v) is 4.72. The highest BCUT2D eigenvalue weighted by molar-refractivity contribution is 5.19. The minimum Gasteiger partial charge on any atom is -0.0654 e. The van der Waals surface area contributed by atoms with Crippen LogP contribution < -0.4 is 0 Å². The highest BCUT2D eigenvalue weighted by Gasteiger charge is 2.07. The van der Waals surface area contributed by atoms with E-state index in [1.165, 1.54) is 50.5 Å². The molecule has 16 heavy (non-hydrogen) atoms. The molecule has 1 aromatic carbocycles. The van der Waals surface area contributed by atoms with Gasteiger partial charge in [-0.25, -0.2) is 0 Å². The van der Waals surface area contributed by atoms with Crippen LogP contribution in [-0.4, -0.2) is 0 Å². The summed E-state index contributed by atoms with van der Waals surface area (Å²) in [5, 5.41) is 0. The first-order chi connectivity index (χ1) is 7.88. The molecule has 0 heteroatoms. The zero-order chi connectivity index (χ0) is 11.6. The Balaban J connectivity index is 2.27. The quantitative estimate of drug-likeness (QED) is 0.502. The summed E-state index contributed by atoms with van der Waals surface area (Å²) in [5.74, 6) is 0.780. The second-order valence-electron chi connectivity index (χ2n) is 4.72. The maximum atomic E-state index is 2.31. The van der Waals surface area contributed by atoms with Gasteiger partial charge >= 0.3 is 0 Å². The van der Waals surface area contributed by atoms with Crippen LogP contribution in [0.1, 0.15) is 70.3 Å². The monoisotopic (exact) mass is 218 g/mol. The van der Waals surface area contributed by atoms with Crippen molar-refractivity contribution in [2.24, 2.45) is 0 Å². The first-order valence-corrected chi connectivity index (χ1v) is 6.93. The third-order valence-corrected chi connectivity index (χ3v) is 3.42. The van der Waals surface area contributed by atoms with Crippen LogP contribution in [0.2, 0.25) is 0 Å². The van der Waals surface area contributed by atoms with Crippen molar-refractivity contribution in [2.45, 2.75) is 64.7 Å². The maximum absolute atomic E-state index is 2.31. The lowest BCUT2D eigenvalue weighted by molar-refractivity contribution is 0.535. The minimum atomic E-state index is 0.780. The van der Waals surface area contributed by atoms with Gasteiger partial charge in [0.15, 0.2) is 0 Å². The Morgan fingerprint density at radius 2 is 1.56 bits per heavy atom. The molecule has 0 amide bonds. The van der Waals surface area contributed by atoms with Gasteiger partial charge in [0.1, 0.15) is 0 Å². The Morgan fingerprint density at radius 1 is 0.875 bits per heavy atom. The zero-order valence-electron chi connectivity index (χ0n) is 10.9. The maximum Gasteiger partial charge on any atom is -0.0165 e. The van der Waals surface area contributed by atoms with E-state index >= 15 is 0 Å². The van der Waals surface area contributed by atoms with Crippen molar-refractivity contribution in [2.75, 3.05) is 0 Å². The average molecular weight is 218 g/mol. The van der Waals surface area contributed by atoms with E-state index in [0.29, 0.717) is 0 Å². The smallest absolute Gasteiger partial charge is 0.0165 e. The second kappa shape index (κ2) is 8.38. The molecular formula is C16H26. The highest BCUT2D eigenvalue weighted by Crippen LogP contribution is 2.25. The van der Waals surface area contributed by atoms with Crippen LogP contribution in [0.25, 0.3) is 0 Å². The van der Waals surface area contributed by atoms with Crippen LogP contribution in [0.3, 0.4) is 0 Å². The first-order valence-electron chi connectivity index (χ1n) is 6.93. The topological polar surface area (TPSA) is 0 Å². The summed E-state index contributed by atoms with van der Waals surface area (Å²) in [7, 11) is 0.